The summed E-state index contributed by atoms with van der Waals surface area (Å²) in [6.45, 7) is 9.77. The van der Waals surface area contributed by atoms with Crippen LogP contribution < -0.4 is 20.1 Å². The number of ether oxygens (including phenoxy) is 2. The van der Waals surface area contributed by atoms with E-state index in [4.69, 9.17) is 9.47 Å². The largest absolute Gasteiger partial charge is 0.494 e. The van der Waals surface area contributed by atoms with Crippen LogP contribution in [-0.4, -0.2) is 26.3 Å². The number of nitrogens with one attached hydrogen (secondary N) is 2. The van der Waals surface area contributed by atoms with E-state index in [-0.39, 0.29) is 0 Å². The molecule has 0 aliphatic rings. The highest BCUT2D eigenvalue weighted by atomic mass is 16.5. The maximum absolute atomic E-state index is 5.86. The number of benzene rings is 2. The summed E-state index contributed by atoms with van der Waals surface area (Å²) < 4.78 is 11.6. The van der Waals surface area contributed by atoms with Gasteiger partial charge in [0, 0.05) is 18.8 Å². The monoisotopic (exact) mass is 370 g/mol. The first-order valence-electron chi connectivity index (χ1n) is 10.1. The Labute approximate surface area is 164 Å². The second-order valence-corrected chi connectivity index (χ2v) is 7.11. The Hall–Kier alpha value is -2.36. The van der Waals surface area contributed by atoms with Gasteiger partial charge in [0.1, 0.15) is 11.5 Å². The zero-order valence-electron chi connectivity index (χ0n) is 17.0. The molecular formula is C23H34N2O2. The minimum atomic E-state index is 0.667. The van der Waals surface area contributed by atoms with Crippen LogP contribution >= 0.6 is 0 Å². The summed E-state index contributed by atoms with van der Waals surface area (Å²) in [5.74, 6) is 2.52. The summed E-state index contributed by atoms with van der Waals surface area (Å²) in [5, 5.41) is 6.88. The van der Waals surface area contributed by atoms with Crippen LogP contribution in [0, 0.1) is 5.92 Å². The summed E-state index contributed by atoms with van der Waals surface area (Å²) in [6, 6.07) is 16.3. The molecule has 0 amide bonds. The lowest BCUT2D eigenvalue weighted by Gasteiger charge is -2.14. The maximum atomic E-state index is 5.86. The number of hydrogen-bond acceptors (Lipinski definition) is 4. The van der Waals surface area contributed by atoms with Crippen molar-refractivity contribution >= 4 is 11.4 Å². The van der Waals surface area contributed by atoms with E-state index in [0.29, 0.717) is 5.92 Å². The fourth-order valence-electron chi connectivity index (χ4n) is 2.55. The topological polar surface area (TPSA) is 42.5 Å². The van der Waals surface area contributed by atoms with E-state index in [0.717, 1.165) is 68.4 Å². The number of unbranched alkanes of at least 4 members (excludes halogenated alkanes) is 1. The highest BCUT2D eigenvalue weighted by Gasteiger charge is 2.02. The van der Waals surface area contributed by atoms with Crippen molar-refractivity contribution in [3.63, 3.8) is 0 Å². The van der Waals surface area contributed by atoms with E-state index < -0.39 is 0 Å². The van der Waals surface area contributed by atoms with Gasteiger partial charge in [-0.15, -0.1) is 0 Å². The highest BCUT2D eigenvalue weighted by molar-refractivity contribution is 5.56. The van der Waals surface area contributed by atoms with Gasteiger partial charge in [0.25, 0.3) is 0 Å². The quantitative estimate of drug-likeness (QED) is 0.436. The predicted molar refractivity (Wildman–Crippen MR) is 115 cm³/mol. The average molecular weight is 371 g/mol. The van der Waals surface area contributed by atoms with Gasteiger partial charge in [0.2, 0.25) is 0 Å². The third kappa shape index (κ3) is 8.25. The molecule has 0 aliphatic carbocycles. The van der Waals surface area contributed by atoms with Crippen LogP contribution in [0.1, 0.15) is 40.0 Å². The standard InChI is InChI=1S/C23H34N2O2/c1-4-5-17-27-23-9-7-6-8-22(23)25-16-15-24-20-10-12-21(13-11-20)26-18-14-19(2)3/h6-13,19,24-25H,4-5,14-18H2,1-3H3. The van der Waals surface area contributed by atoms with Crippen LogP contribution in [0.15, 0.2) is 48.5 Å². The zero-order valence-corrected chi connectivity index (χ0v) is 17.0. The van der Waals surface area contributed by atoms with E-state index in [2.05, 4.69) is 49.6 Å². The van der Waals surface area contributed by atoms with Crippen LogP contribution in [-0.2, 0) is 0 Å². The van der Waals surface area contributed by atoms with Crippen LogP contribution in [0.2, 0.25) is 0 Å². The zero-order chi connectivity index (χ0) is 19.3. The van der Waals surface area contributed by atoms with E-state index in [9.17, 15) is 0 Å². The molecule has 0 unspecified atom stereocenters. The average Bonchev–Trinajstić information content (AvgIpc) is 2.67. The molecule has 0 saturated heterocycles. The Morgan fingerprint density at radius 3 is 2.33 bits per heavy atom. The molecule has 0 atom stereocenters. The van der Waals surface area contributed by atoms with Gasteiger partial charge in [-0.25, -0.2) is 0 Å². The minimum Gasteiger partial charge on any atom is -0.494 e. The first-order valence-corrected chi connectivity index (χ1v) is 10.1. The first-order chi connectivity index (χ1) is 13.2. The van der Waals surface area contributed by atoms with Crippen molar-refractivity contribution in [2.45, 2.75) is 40.0 Å². The molecule has 27 heavy (non-hydrogen) atoms. The SMILES string of the molecule is CCCCOc1ccccc1NCCNc1ccc(OCCC(C)C)cc1. The van der Waals surface area contributed by atoms with Crippen molar-refractivity contribution in [2.75, 3.05) is 36.9 Å². The van der Waals surface area contributed by atoms with Crippen LogP contribution in [0.5, 0.6) is 11.5 Å². The van der Waals surface area contributed by atoms with E-state index >= 15 is 0 Å². The summed E-state index contributed by atoms with van der Waals surface area (Å²) in [6.07, 6.45) is 3.30. The number of anilines is 2. The predicted octanol–water partition coefficient (Wildman–Crippen LogP) is 5.81. The molecule has 2 aromatic rings. The minimum absolute atomic E-state index is 0.667. The lowest BCUT2D eigenvalue weighted by molar-refractivity contribution is 0.289. The van der Waals surface area contributed by atoms with E-state index in [1.54, 1.807) is 0 Å². The molecule has 148 valence electrons. The Kier molecular flexibility index (Phi) is 9.39. The van der Waals surface area contributed by atoms with Gasteiger partial charge < -0.3 is 20.1 Å². The van der Waals surface area contributed by atoms with Crippen molar-refractivity contribution in [2.24, 2.45) is 5.92 Å². The number of hydrogen-bond donors (Lipinski definition) is 2. The molecule has 2 N–H and O–H groups in total. The maximum Gasteiger partial charge on any atom is 0.142 e. The fourth-order valence-corrected chi connectivity index (χ4v) is 2.55. The number of para-hydroxylation sites is 2. The van der Waals surface area contributed by atoms with Crippen molar-refractivity contribution in [3.05, 3.63) is 48.5 Å². The van der Waals surface area contributed by atoms with Crippen LogP contribution in [0.3, 0.4) is 0 Å². The van der Waals surface area contributed by atoms with Crippen LogP contribution in [0.25, 0.3) is 0 Å². The lowest BCUT2D eigenvalue weighted by Crippen LogP contribution is -2.14. The first kappa shape index (κ1) is 20.9. The Morgan fingerprint density at radius 2 is 1.59 bits per heavy atom. The summed E-state index contributed by atoms with van der Waals surface area (Å²) in [4.78, 5) is 0. The summed E-state index contributed by atoms with van der Waals surface area (Å²) >= 11 is 0. The molecule has 2 rings (SSSR count). The Morgan fingerprint density at radius 1 is 0.852 bits per heavy atom. The molecule has 0 bridgehead atoms. The molecule has 4 nitrogen and oxygen atoms in total. The second kappa shape index (κ2) is 12.1. The van der Waals surface area contributed by atoms with Crippen molar-refractivity contribution in [1.82, 2.24) is 0 Å². The molecule has 0 aliphatic heterocycles. The van der Waals surface area contributed by atoms with E-state index in [1.807, 2.05) is 30.3 Å². The molecule has 0 saturated carbocycles. The second-order valence-electron chi connectivity index (χ2n) is 7.11. The lowest BCUT2D eigenvalue weighted by atomic mass is 10.1. The van der Waals surface area contributed by atoms with Gasteiger partial charge in [-0.3, -0.25) is 0 Å². The summed E-state index contributed by atoms with van der Waals surface area (Å²) in [7, 11) is 0. The van der Waals surface area contributed by atoms with Gasteiger partial charge in [0.15, 0.2) is 0 Å². The molecule has 2 aromatic carbocycles. The third-order valence-corrected chi connectivity index (χ3v) is 4.23. The molecule has 4 heteroatoms. The smallest absolute Gasteiger partial charge is 0.142 e. The van der Waals surface area contributed by atoms with Crippen molar-refractivity contribution in [3.8, 4) is 11.5 Å². The van der Waals surface area contributed by atoms with Gasteiger partial charge in [0.05, 0.1) is 18.9 Å². The Bertz CT molecular complexity index is 641. The van der Waals surface area contributed by atoms with Gasteiger partial charge in [-0.2, -0.15) is 0 Å². The van der Waals surface area contributed by atoms with Gasteiger partial charge >= 0.3 is 0 Å². The molecule has 0 heterocycles. The van der Waals surface area contributed by atoms with Crippen molar-refractivity contribution in [1.29, 1.82) is 0 Å². The van der Waals surface area contributed by atoms with Gasteiger partial charge in [-0.05, 0) is 55.2 Å². The summed E-state index contributed by atoms with van der Waals surface area (Å²) in [5.41, 5.74) is 2.14. The normalized spacial score (nSPS) is 10.7. The van der Waals surface area contributed by atoms with Gasteiger partial charge in [-0.1, -0.05) is 39.3 Å². The fraction of sp³-hybridized carbons (Fsp3) is 0.478. The molecular weight excluding hydrogens is 336 g/mol. The molecule has 0 aromatic heterocycles. The molecule has 0 spiro atoms. The number of rotatable bonds is 13. The molecule has 0 radical (unpaired) electrons. The third-order valence-electron chi connectivity index (χ3n) is 4.23. The van der Waals surface area contributed by atoms with E-state index in [1.165, 1.54) is 0 Å². The highest BCUT2D eigenvalue weighted by Crippen LogP contribution is 2.23. The Balaban J connectivity index is 1.71. The van der Waals surface area contributed by atoms with Crippen molar-refractivity contribution < 1.29 is 9.47 Å². The van der Waals surface area contributed by atoms with Crippen LogP contribution in [0.4, 0.5) is 11.4 Å². The molecule has 0 fully saturated rings.